The van der Waals surface area contributed by atoms with Gasteiger partial charge in [-0.3, -0.25) is 4.98 Å². The van der Waals surface area contributed by atoms with E-state index in [0.29, 0.717) is 45.9 Å². The summed E-state index contributed by atoms with van der Waals surface area (Å²) in [7, 11) is 1.57. The molecule has 0 atom stereocenters. The topological polar surface area (TPSA) is 72.9 Å². The van der Waals surface area contributed by atoms with Crippen molar-refractivity contribution in [3.8, 4) is 34.1 Å². The molecule has 4 rings (SSSR count). The summed E-state index contributed by atoms with van der Waals surface area (Å²) in [5.41, 5.74) is 3.89. The molecular formula is C22H18ClFN4O2. The van der Waals surface area contributed by atoms with Crippen LogP contribution in [0.3, 0.4) is 0 Å². The number of aromatic amines is 1. The van der Waals surface area contributed by atoms with Gasteiger partial charge in [-0.05, 0) is 42.8 Å². The maximum atomic E-state index is 13.1. The first kappa shape index (κ1) is 19.8. The number of pyridine rings is 2. The second-order valence-corrected chi connectivity index (χ2v) is 7.02. The monoisotopic (exact) mass is 424 g/mol. The third kappa shape index (κ3) is 4.26. The molecule has 0 saturated carbocycles. The number of aryl methyl sites for hydroxylation is 1. The molecule has 0 amide bonds. The van der Waals surface area contributed by atoms with Crippen LogP contribution in [0.2, 0.25) is 5.15 Å². The number of nitrogens with zero attached hydrogens (tertiary/aromatic N) is 3. The van der Waals surface area contributed by atoms with Gasteiger partial charge in [0.05, 0.1) is 7.11 Å². The molecule has 30 heavy (non-hydrogen) atoms. The Kier molecular flexibility index (Phi) is 5.63. The number of halogens is 2. The van der Waals surface area contributed by atoms with E-state index in [2.05, 4.69) is 19.9 Å². The van der Waals surface area contributed by atoms with Crippen molar-refractivity contribution < 1.29 is 13.9 Å². The average Bonchev–Trinajstić information content (AvgIpc) is 3.14. The summed E-state index contributed by atoms with van der Waals surface area (Å²) >= 11 is 6.38. The zero-order valence-electron chi connectivity index (χ0n) is 16.3. The molecule has 4 aromatic rings. The highest BCUT2D eigenvalue weighted by Crippen LogP contribution is 2.37. The summed E-state index contributed by atoms with van der Waals surface area (Å²) in [6, 6.07) is 10.3. The third-order valence-corrected chi connectivity index (χ3v) is 4.70. The maximum Gasteiger partial charge on any atom is 0.212 e. The molecule has 0 spiro atoms. The van der Waals surface area contributed by atoms with Gasteiger partial charge >= 0.3 is 0 Å². The van der Waals surface area contributed by atoms with Gasteiger partial charge < -0.3 is 14.5 Å². The Labute approximate surface area is 177 Å². The Morgan fingerprint density at radius 3 is 2.70 bits per heavy atom. The van der Waals surface area contributed by atoms with Gasteiger partial charge in [-0.2, -0.15) is 4.39 Å². The number of benzene rings is 1. The second-order valence-electron chi connectivity index (χ2n) is 6.64. The Bertz CT molecular complexity index is 1180. The van der Waals surface area contributed by atoms with Gasteiger partial charge in [-0.25, -0.2) is 9.97 Å². The van der Waals surface area contributed by atoms with Crippen LogP contribution in [0, 0.1) is 12.9 Å². The predicted molar refractivity (Wildman–Crippen MR) is 112 cm³/mol. The highest BCUT2D eigenvalue weighted by atomic mass is 35.5. The minimum atomic E-state index is -0.560. The zero-order valence-corrected chi connectivity index (χ0v) is 17.1. The maximum absolute atomic E-state index is 13.1. The van der Waals surface area contributed by atoms with Gasteiger partial charge in [0, 0.05) is 41.3 Å². The van der Waals surface area contributed by atoms with Gasteiger partial charge in [0.1, 0.15) is 34.8 Å². The number of H-pyrrole nitrogens is 1. The number of hydrogen-bond acceptors (Lipinski definition) is 5. The van der Waals surface area contributed by atoms with E-state index in [4.69, 9.17) is 21.1 Å². The molecule has 0 aliphatic rings. The zero-order chi connectivity index (χ0) is 21.1. The molecule has 0 fully saturated rings. The van der Waals surface area contributed by atoms with Crippen molar-refractivity contribution in [2.45, 2.75) is 13.5 Å². The highest BCUT2D eigenvalue weighted by molar-refractivity contribution is 6.32. The quantitative estimate of drug-likeness (QED) is 0.429. The van der Waals surface area contributed by atoms with Crippen molar-refractivity contribution in [1.82, 2.24) is 19.9 Å². The Balaban J connectivity index is 1.59. The average molecular weight is 425 g/mol. The van der Waals surface area contributed by atoms with Gasteiger partial charge in [0.15, 0.2) is 0 Å². The van der Waals surface area contributed by atoms with Crippen LogP contribution in [0.4, 0.5) is 4.39 Å². The van der Waals surface area contributed by atoms with E-state index in [1.807, 2.05) is 25.1 Å². The van der Waals surface area contributed by atoms with Crippen molar-refractivity contribution in [1.29, 1.82) is 0 Å². The Morgan fingerprint density at radius 1 is 1.10 bits per heavy atom. The second kappa shape index (κ2) is 8.51. The van der Waals surface area contributed by atoms with Gasteiger partial charge in [-0.15, -0.1) is 0 Å². The first-order chi connectivity index (χ1) is 14.5. The number of ether oxygens (including phenoxy) is 2. The molecule has 0 radical (unpaired) electrons. The van der Waals surface area contributed by atoms with Crippen LogP contribution >= 0.6 is 11.6 Å². The van der Waals surface area contributed by atoms with Crippen LogP contribution in [-0.2, 0) is 6.61 Å². The van der Waals surface area contributed by atoms with E-state index in [-0.39, 0.29) is 0 Å². The smallest absolute Gasteiger partial charge is 0.212 e. The summed E-state index contributed by atoms with van der Waals surface area (Å²) in [4.78, 5) is 15.4. The fourth-order valence-electron chi connectivity index (χ4n) is 3.00. The Hall–Kier alpha value is -3.45. The van der Waals surface area contributed by atoms with Crippen LogP contribution in [0.15, 0.2) is 55.0 Å². The van der Waals surface area contributed by atoms with Gasteiger partial charge in [-0.1, -0.05) is 11.6 Å². The lowest BCUT2D eigenvalue weighted by Gasteiger charge is -2.11. The van der Waals surface area contributed by atoms with Crippen molar-refractivity contribution in [3.05, 3.63) is 77.2 Å². The van der Waals surface area contributed by atoms with Gasteiger partial charge in [0.2, 0.25) is 5.95 Å². The van der Waals surface area contributed by atoms with Gasteiger partial charge in [0.25, 0.3) is 0 Å². The number of imidazole rings is 1. The summed E-state index contributed by atoms with van der Waals surface area (Å²) in [6.45, 7) is 2.38. The van der Waals surface area contributed by atoms with Crippen LogP contribution in [0.1, 0.15) is 11.1 Å². The molecule has 0 saturated heterocycles. The molecule has 1 N–H and O–H groups in total. The fraction of sp³-hybridized carbons (Fsp3) is 0.136. The van der Waals surface area contributed by atoms with Crippen LogP contribution in [0.25, 0.3) is 22.6 Å². The van der Waals surface area contributed by atoms with E-state index < -0.39 is 5.95 Å². The van der Waals surface area contributed by atoms with Crippen LogP contribution in [-0.4, -0.2) is 27.0 Å². The first-order valence-corrected chi connectivity index (χ1v) is 9.50. The van der Waals surface area contributed by atoms with E-state index >= 15 is 0 Å². The standard InChI is InChI=1S/C22H18ClFN4O2/c1-13-7-14(10-25-9-13)12-30-16-4-5-17(18(8-16)29-2)20-21(23)28-22(27-20)15-3-6-19(24)26-11-15/h3-11H,12H2,1-2H3,(H,27,28). The molecule has 6 nitrogen and oxygen atoms in total. The Morgan fingerprint density at radius 2 is 1.97 bits per heavy atom. The largest absolute Gasteiger partial charge is 0.496 e. The summed E-state index contributed by atoms with van der Waals surface area (Å²) in [6.07, 6.45) is 4.96. The van der Waals surface area contributed by atoms with E-state index in [1.54, 1.807) is 31.6 Å². The van der Waals surface area contributed by atoms with Crippen molar-refractivity contribution in [2.24, 2.45) is 0 Å². The number of hydrogen-bond donors (Lipinski definition) is 1. The SMILES string of the molecule is COc1cc(OCc2cncc(C)c2)ccc1-c1nc(-c2ccc(F)nc2)[nH]c1Cl. The molecule has 152 valence electrons. The van der Waals surface area contributed by atoms with Crippen LogP contribution in [0.5, 0.6) is 11.5 Å². The number of aromatic nitrogens is 4. The molecule has 0 unspecified atom stereocenters. The predicted octanol–water partition coefficient (Wildman–Crippen LogP) is 5.22. The minimum absolute atomic E-state index is 0.340. The number of nitrogens with one attached hydrogen (secondary N) is 1. The van der Waals surface area contributed by atoms with E-state index in [9.17, 15) is 4.39 Å². The van der Waals surface area contributed by atoms with Crippen molar-refractivity contribution in [3.63, 3.8) is 0 Å². The molecule has 8 heteroatoms. The summed E-state index contributed by atoms with van der Waals surface area (Å²) < 4.78 is 24.5. The normalized spacial score (nSPS) is 10.8. The lowest BCUT2D eigenvalue weighted by Crippen LogP contribution is -1.98. The summed E-state index contributed by atoms with van der Waals surface area (Å²) in [5, 5.41) is 0.340. The molecule has 0 bridgehead atoms. The van der Waals surface area contributed by atoms with Crippen molar-refractivity contribution >= 4 is 11.6 Å². The minimum Gasteiger partial charge on any atom is -0.496 e. The third-order valence-electron chi connectivity index (χ3n) is 4.43. The fourth-order valence-corrected chi connectivity index (χ4v) is 3.24. The van der Waals surface area contributed by atoms with E-state index in [1.165, 1.54) is 12.3 Å². The molecule has 1 aromatic carbocycles. The number of rotatable bonds is 6. The lowest BCUT2D eigenvalue weighted by atomic mass is 10.1. The molecular weight excluding hydrogens is 407 g/mol. The number of methoxy groups -OCH3 is 1. The molecule has 3 heterocycles. The first-order valence-electron chi connectivity index (χ1n) is 9.12. The van der Waals surface area contributed by atoms with Crippen LogP contribution < -0.4 is 9.47 Å². The molecule has 0 aliphatic heterocycles. The summed E-state index contributed by atoms with van der Waals surface area (Å²) in [5.74, 6) is 1.13. The van der Waals surface area contributed by atoms with E-state index in [0.717, 1.165) is 11.1 Å². The molecule has 0 aliphatic carbocycles. The van der Waals surface area contributed by atoms with Crippen molar-refractivity contribution in [2.75, 3.05) is 7.11 Å². The lowest BCUT2D eigenvalue weighted by molar-refractivity contribution is 0.303. The highest BCUT2D eigenvalue weighted by Gasteiger charge is 2.17. The molecule has 3 aromatic heterocycles.